The van der Waals surface area contributed by atoms with Gasteiger partial charge in [-0.15, -0.1) is 11.6 Å². The Hall–Kier alpha value is -1.81. The van der Waals surface area contributed by atoms with E-state index in [-0.39, 0.29) is 5.38 Å². The van der Waals surface area contributed by atoms with Gasteiger partial charge in [0, 0.05) is 30.9 Å². The number of imidazole rings is 1. The van der Waals surface area contributed by atoms with Crippen LogP contribution in [0.1, 0.15) is 42.7 Å². The minimum Gasteiger partial charge on any atom is -0.342 e. The number of aryl methyl sites for hydroxylation is 1. The second-order valence-electron chi connectivity index (χ2n) is 6.45. The number of rotatable bonds is 2. The Labute approximate surface area is 141 Å². The Balaban J connectivity index is 2.04. The summed E-state index contributed by atoms with van der Waals surface area (Å²) in [5, 5.41) is 1.01. The van der Waals surface area contributed by atoms with E-state index >= 15 is 0 Å². The molecule has 0 aliphatic carbocycles. The number of hydrogen-bond donors (Lipinski definition) is 0. The molecule has 0 radical (unpaired) electrons. The molecule has 1 saturated heterocycles. The van der Waals surface area contributed by atoms with Gasteiger partial charge < -0.3 is 4.90 Å². The van der Waals surface area contributed by atoms with Gasteiger partial charge in [-0.3, -0.25) is 4.40 Å². The summed E-state index contributed by atoms with van der Waals surface area (Å²) < 4.78 is 2.12. The van der Waals surface area contributed by atoms with Crippen LogP contribution in [0.4, 0.5) is 5.95 Å². The van der Waals surface area contributed by atoms with Crippen LogP contribution >= 0.6 is 11.6 Å². The maximum atomic E-state index is 6.44. The quantitative estimate of drug-likeness (QED) is 0.650. The van der Waals surface area contributed by atoms with Gasteiger partial charge in [-0.1, -0.05) is 6.07 Å². The Morgan fingerprint density at radius 3 is 2.70 bits per heavy atom. The molecule has 0 spiro atoms. The van der Waals surface area contributed by atoms with Gasteiger partial charge in [0.1, 0.15) is 5.65 Å². The Kier molecular flexibility index (Phi) is 3.64. The van der Waals surface area contributed by atoms with Crippen LogP contribution in [0.5, 0.6) is 0 Å². The highest BCUT2D eigenvalue weighted by Gasteiger charge is 2.20. The van der Waals surface area contributed by atoms with Crippen molar-refractivity contribution >= 4 is 34.1 Å². The maximum Gasteiger partial charge on any atom is 0.211 e. The van der Waals surface area contributed by atoms with Crippen LogP contribution in [0.3, 0.4) is 0 Å². The summed E-state index contributed by atoms with van der Waals surface area (Å²) in [6, 6.07) is 4.31. The van der Waals surface area contributed by atoms with Crippen molar-refractivity contribution in [2.24, 2.45) is 0 Å². The molecule has 1 aliphatic rings. The van der Waals surface area contributed by atoms with Gasteiger partial charge in [0.25, 0.3) is 0 Å². The zero-order chi connectivity index (χ0) is 16.0. The first kappa shape index (κ1) is 14.8. The molecule has 4 rings (SSSR count). The van der Waals surface area contributed by atoms with E-state index in [1.807, 2.05) is 19.3 Å². The van der Waals surface area contributed by atoms with Crippen molar-refractivity contribution in [3.63, 3.8) is 0 Å². The van der Waals surface area contributed by atoms with E-state index in [1.165, 1.54) is 24.8 Å². The van der Waals surface area contributed by atoms with Crippen molar-refractivity contribution in [1.29, 1.82) is 0 Å². The summed E-state index contributed by atoms with van der Waals surface area (Å²) in [6.45, 7) is 6.22. The molecule has 1 atom stereocenters. The van der Waals surface area contributed by atoms with Crippen LogP contribution < -0.4 is 4.90 Å². The number of benzene rings is 1. The molecule has 3 heterocycles. The van der Waals surface area contributed by atoms with Crippen LogP contribution in [0.2, 0.25) is 0 Å². The summed E-state index contributed by atoms with van der Waals surface area (Å²) in [7, 11) is 0. The molecular formula is C18H21ClN4. The standard InChI is InChI=1S/C18H21ClN4/c1-12-10-14(13(2)19)16-15(11-12)17-20-6-9-23(17)18(21-16)22-7-4-3-5-8-22/h6,9-11,13H,3-5,7-8H2,1-2H3. The molecule has 5 heteroatoms. The molecule has 120 valence electrons. The van der Waals surface area contributed by atoms with Gasteiger partial charge in [-0.2, -0.15) is 0 Å². The highest BCUT2D eigenvalue weighted by atomic mass is 35.5. The van der Waals surface area contributed by atoms with Crippen LogP contribution in [0, 0.1) is 6.92 Å². The lowest BCUT2D eigenvalue weighted by Crippen LogP contribution is -2.31. The topological polar surface area (TPSA) is 33.4 Å². The van der Waals surface area contributed by atoms with E-state index in [0.29, 0.717) is 0 Å². The lowest BCUT2D eigenvalue weighted by atomic mass is 10.0. The summed E-state index contributed by atoms with van der Waals surface area (Å²) in [6.07, 6.45) is 7.62. The molecule has 4 nitrogen and oxygen atoms in total. The van der Waals surface area contributed by atoms with Crippen molar-refractivity contribution in [3.05, 3.63) is 35.7 Å². The summed E-state index contributed by atoms with van der Waals surface area (Å²) in [5.41, 5.74) is 4.23. The number of anilines is 1. The molecule has 1 aliphatic heterocycles. The van der Waals surface area contributed by atoms with Gasteiger partial charge in [0.15, 0.2) is 0 Å². The molecule has 1 unspecified atom stereocenters. The second-order valence-corrected chi connectivity index (χ2v) is 7.10. The van der Waals surface area contributed by atoms with Gasteiger partial charge >= 0.3 is 0 Å². The van der Waals surface area contributed by atoms with Gasteiger partial charge in [-0.05, 0) is 50.3 Å². The lowest BCUT2D eigenvalue weighted by Gasteiger charge is -2.28. The van der Waals surface area contributed by atoms with Crippen molar-refractivity contribution in [3.8, 4) is 0 Å². The van der Waals surface area contributed by atoms with Crippen molar-refractivity contribution in [1.82, 2.24) is 14.4 Å². The van der Waals surface area contributed by atoms with E-state index < -0.39 is 0 Å². The summed E-state index contributed by atoms with van der Waals surface area (Å²) in [5.74, 6) is 0.993. The molecule has 3 aromatic rings. The molecule has 23 heavy (non-hydrogen) atoms. The minimum absolute atomic E-state index is 0.0727. The zero-order valence-electron chi connectivity index (χ0n) is 13.6. The highest BCUT2D eigenvalue weighted by Crippen LogP contribution is 2.32. The average molecular weight is 329 g/mol. The highest BCUT2D eigenvalue weighted by molar-refractivity contribution is 6.21. The van der Waals surface area contributed by atoms with Gasteiger partial charge in [0.2, 0.25) is 5.95 Å². The predicted octanol–water partition coefficient (Wildman–Crippen LogP) is 4.48. The fraction of sp³-hybridized carbons (Fsp3) is 0.444. The molecule has 2 aromatic heterocycles. The fourth-order valence-electron chi connectivity index (χ4n) is 3.54. The first-order chi connectivity index (χ1) is 11.1. The van der Waals surface area contributed by atoms with E-state index in [9.17, 15) is 0 Å². The molecule has 0 bridgehead atoms. The molecular weight excluding hydrogens is 308 g/mol. The van der Waals surface area contributed by atoms with Crippen LogP contribution in [-0.2, 0) is 0 Å². The number of piperidine rings is 1. The van der Waals surface area contributed by atoms with Crippen molar-refractivity contribution in [2.75, 3.05) is 18.0 Å². The van der Waals surface area contributed by atoms with Crippen molar-refractivity contribution < 1.29 is 0 Å². The van der Waals surface area contributed by atoms with Crippen LogP contribution in [0.25, 0.3) is 16.6 Å². The van der Waals surface area contributed by atoms with E-state index in [4.69, 9.17) is 16.6 Å². The summed E-state index contributed by atoms with van der Waals surface area (Å²) >= 11 is 6.44. The summed E-state index contributed by atoms with van der Waals surface area (Å²) in [4.78, 5) is 12.0. The van der Waals surface area contributed by atoms with Gasteiger partial charge in [-0.25, -0.2) is 9.97 Å². The SMILES string of the molecule is Cc1cc(C(C)Cl)c2nc(N3CCCCC3)n3ccnc3c2c1. The van der Waals surface area contributed by atoms with Gasteiger partial charge in [0.05, 0.1) is 10.9 Å². The second kappa shape index (κ2) is 5.68. The average Bonchev–Trinajstić information content (AvgIpc) is 3.04. The van der Waals surface area contributed by atoms with E-state index in [0.717, 1.165) is 41.2 Å². The lowest BCUT2D eigenvalue weighted by molar-refractivity contribution is 0.567. The molecule has 1 aromatic carbocycles. The third kappa shape index (κ3) is 2.45. The largest absolute Gasteiger partial charge is 0.342 e. The van der Waals surface area contributed by atoms with Crippen LogP contribution in [-0.4, -0.2) is 27.5 Å². The Morgan fingerprint density at radius 2 is 1.96 bits per heavy atom. The normalized spacial score (nSPS) is 17.1. The minimum atomic E-state index is -0.0727. The number of hydrogen-bond acceptors (Lipinski definition) is 3. The predicted molar refractivity (Wildman–Crippen MR) is 95.6 cm³/mol. The third-order valence-corrected chi connectivity index (χ3v) is 4.90. The molecule has 0 saturated carbocycles. The maximum absolute atomic E-state index is 6.44. The fourth-order valence-corrected chi connectivity index (χ4v) is 3.71. The Morgan fingerprint density at radius 1 is 1.17 bits per heavy atom. The molecule has 0 amide bonds. The number of nitrogens with zero attached hydrogens (tertiary/aromatic N) is 4. The monoisotopic (exact) mass is 328 g/mol. The number of fused-ring (bicyclic) bond motifs is 3. The molecule has 1 fully saturated rings. The van der Waals surface area contributed by atoms with E-state index in [1.54, 1.807) is 0 Å². The zero-order valence-corrected chi connectivity index (χ0v) is 14.3. The smallest absolute Gasteiger partial charge is 0.211 e. The number of alkyl halides is 1. The van der Waals surface area contributed by atoms with Crippen molar-refractivity contribution in [2.45, 2.75) is 38.5 Å². The number of halogens is 1. The van der Waals surface area contributed by atoms with E-state index in [2.05, 4.69) is 33.3 Å². The molecule has 0 N–H and O–H groups in total. The van der Waals surface area contributed by atoms with Crippen LogP contribution in [0.15, 0.2) is 24.5 Å². The Bertz CT molecular complexity index is 862. The third-order valence-electron chi connectivity index (χ3n) is 4.66. The first-order valence-electron chi connectivity index (χ1n) is 8.31. The number of aromatic nitrogens is 3. The first-order valence-corrected chi connectivity index (χ1v) is 8.75.